The largest absolute Gasteiger partial charge is 0.493 e. The summed E-state index contributed by atoms with van der Waals surface area (Å²) in [6.07, 6.45) is 1.70. The van der Waals surface area contributed by atoms with E-state index in [9.17, 15) is 18.4 Å². The minimum Gasteiger partial charge on any atom is -0.493 e. The van der Waals surface area contributed by atoms with E-state index in [4.69, 9.17) is 14.2 Å². The van der Waals surface area contributed by atoms with Gasteiger partial charge in [-0.15, -0.1) is 0 Å². The van der Waals surface area contributed by atoms with Gasteiger partial charge < -0.3 is 14.2 Å². The number of nitrogens with zero attached hydrogens (tertiary/aromatic N) is 2. The number of rotatable bonds is 8. The van der Waals surface area contributed by atoms with E-state index in [0.717, 1.165) is 5.56 Å². The molecule has 0 bridgehead atoms. The molecule has 0 radical (unpaired) electrons. The molecule has 0 fully saturated rings. The highest BCUT2D eigenvalue weighted by atomic mass is 79.9. The van der Waals surface area contributed by atoms with Crippen LogP contribution in [0.1, 0.15) is 36.6 Å². The number of benzene rings is 3. The molecule has 1 atom stereocenters. The van der Waals surface area contributed by atoms with Gasteiger partial charge >= 0.3 is 5.97 Å². The Morgan fingerprint density at radius 2 is 1.76 bits per heavy atom. The average Bonchev–Trinajstić information content (AvgIpc) is 3.26. The van der Waals surface area contributed by atoms with Crippen molar-refractivity contribution < 1.29 is 27.8 Å². The van der Waals surface area contributed by atoms with Gasteiger partial charge in [0.2, 0.25) is 0 Å². The molecule has 42 heavy (non-hydrogen) atoms. The van der Waals surface area contributed by atoms with Gasteiger partial charge in [0.15, 0.2) is 16.3 Å². The van der Waals surface area contributed by atoms with Crippen LogP contribution in [0.15, 0.2) is 86.2 Å². The number of hydrogen-bond acceptors (Lipinski definition) is 7. The normalized spacial score (nSPS) is 14.8. The van der Waals surface area contributed by atoms with Crippen LogP contribution in [-0.2, 0) is 16.1 Å². The Hall–Kier alpha value is -4.09. The number of carbonyl (C=O) groups excluding carboxylic acids is 1. The molecule has 1 aliphatic heterocycles. The second kappa shape index (κ2) is 12.4. The lowest BCUT2D eigenvalue weighted by molar-refractivity contribution is -0.139. The number of esters is 1. The van der Waals surface area contributed by atoms with Crippen molar-refractivity contribution >= 4 is 39.3 Å². The number of ether oxygens (including phenoxy) is 3. The number of fused-ring (bicyclic) bond motifs is 1. The number of hydrogen-bond donors (Lipinski definition) is 0. The van der Waals surface area contributed by atoms with Crippen molar-refractivity contribution in [1.29, 1.82) is 0 Å². The van der Waals surface area contributed by atoms with E-state index in [0.29, 0.717) is 42.1 Å². The predicted molar refractivity (Wildman–Crippen MR) is 158 cm³/mol. The molecule has 3 aromatic carbocycles. The Bertz CT molecular complexity index is 1870. The van der Waals surface area contributed by atoms with Gasteiger partial charge in [0.1, 0.15) is 18.2 Å². The van der Waals surface area contributed by atoms with Crippen molar-refractivity contribution in [3.63, 3.8) is 0 Å². The SMILES string of the molecule is CCOC(=O)C1=C(C)N=c2s/c(=C\c3cc(Br)c(OCc4ccc(F)cc4)c(OC)c3)c(=O)n2[C@H]1c1ccc(F)cc1. The van der Waals surface area contributed by atoms with Crippen molar-refractivity contribution in [1.82, 2.24) is 4.57 Å². The molecular formula is C31H25BrF2N2O5S. The van der Waals surface area contributed by atoms with Crippen LogP contribution in [0.25, 0.3) is 6.08 Å². The van der Waals surface area contributed by atoms with Gasteiger partial charge in [0.05, 0.1) is 40.0 Å². The summed E-state index contributed by atoms with van der Waals surface area (Å²) in [4.78, 5) is 31.8. The molecule has 2 heterocycles. The van der Waals surface area contributed by atoms with Crippen LogP contribution in [0.3, 0.4) is 0 Å². The summed E-state index contributed by atoms with van der Waals surface area (Å²) in [5, 5.41) is 0. The zero-order valence-corrected chi connectivity index (χ0v) is 25.2. The first-order valence-electron chi connectivity index (χ1n) is 12.9. The third kappa shape index (κ3) is 5.93. The Labute approximate surface area is 252 Å². The van der Waals surface area contributed by atoms with Gasteiger partial charge in [-0.2, -0.15) is 0 Å². The van der Waals surface area contributed by atoms with Crippen molar-refractivity contribution in [2.75, 3.05) is 13.7 Å². The highest BCUT2D eigenvalue weighted by Crippen LogP contribution is 2.37. The fourth-order valence-electron chi connectivity index (χ4n) is 4.60. The first-order valence-corrected chi connectivity index (χ1v) is 14.5. The van der Waals surface area contributed by atoms with Gasteiger partial charge in [-0.25, -0.2) is 18.6 Å². The Balaban J connectivity index is 1.56. The number of halogens is 3. The summed E-state index contributed by atoms with van der Waals surface area (Å²) < 4.78 is 46.2. The van der Waals surface area contributed by atoms with Gasteiger partial charge in [-0.1, -0.05) is 35.6 Å². The van der Waals surface area contributed by atoms with Crippen LogP contribution < -0.4 is 24.4 Å². The number of thiazole rings is 1. The fraction of sp³-hybridized carbons (Fsp3) is 0.194. The van der Waals surface area contributed by atoms with Gasteiger partial charge in [0, 0.05) is 0 Å². The van der Waals surface area contributed by atoms with Crippen LogP contribution >= 0.6 is 27.3 Å². The second-order valence-corrected chi connectivity index (χ2v) is 11.2. The molecule has 0 amide bonds. The Morgan fingerprint density at radius 3 is 2.40 bits per heavy atom. The maximum absolute atomic E-state index is 13.8. The van der Waals surface area contributed by atoms with E-state index >= 15 is 0 Å². The molecule has 0 saturated carbocycles. The average molecular weight is 656 g/mol. The monoisotopic (exact) mass is 654 g/mol. The Morgan fingerprint density at radius 1 is 1.10 bits per heavy atom. The molecule has 5 rings (SSSR count). The van der Waals surface area contributed by atoms with Crippen molar-refractivity contribution in [2.45, 2.75) is 26.5 Å². The molecular weight excluding hydrogens is 630 g/mol. The zero-order chi connectivity index (χ0) is 30.0. The van der Waals surface area contributed by atoms with E-state index in [2.05, 4.69) is 20.9 Å². The second-order valence-electron chi connectivity index (χ2n) is 9.30. The van der Waals surface area contributed by atoms with E-state index < -0.39 is 17.8 Å². The molecule has 4 aromatic rings. The standard InChI is InChI=1S/C31H25BrF2N2O5S/c1-4-40-30(38)26-17(2)35-31-36(27(26)20-7-11-22(34)12-8-20)29(37)25(42-31)15-19-13-23(32)28(24(14-19)39-3)41-16-18-5-9-21(33)10-6-18/h5-15,27H,4,16H2,1-3H3/b25-15-/t27-/m0/s1. The first kappa shape index (κ1) is 29.4. The lowest BCUT2D eigenvalue weighted by Gasteiger charge is -2.24. The Kier molecular flexibility index (Phi) is 8.69. The molecule has 0 N–H and O–H groups in total. The molecule has 1 aromatic heterocycles. The van der Waals surface area contributed by atoms with Crippen molar-refractivity contribution in [3.8, 4) is 11.5 Å². The lowest BCUT2D eigenvalue weighted by Crippen LogP contribution is -2.39. The summed E-state index contributed by atoms with van der Waals surface area (Å²) >= 11 is 4.70. The summed E-state index contributed by atoms with van der Waals surface area (Å²) in [6, 6.07) is 14.3. The van der Waals surface area contributed by atoms with E-state index in [1.165, 1.54) is 47.3 Å². The van der Waals surface area contributed by atoms with Crippen LogP contribution in [0.5, 0.6) is 11.5 Å². The van der Waals surface area contributed by atoms with Gasteiger partial charge in [0.25, 0.3) is 5.56 Å². The van der Waals surface area contributed by atoms with Crippen molar-refractivity contribution in [2.24, 2.45) is 4.99 Å². The van der Waals surface area contributed by atoms with E-state index in [1.54, 1.807) is 56.3 Å². The summed E-state index contributed by atoms with van der Waals surface area (Å²) in [5.74, 6) is -0.480. The number of allylic oxidation sites excluding steroid dienone is 1. The molecule has 0 spiro atoms. The fourth-order valence-corrected chi connectivity index (χ4v) is 6.22. The number of aromatic nitrogens is 1. The lowest BCUT2D eigenvalue weighted by atomic mass is 9.96. The van der Waals surface area contributed by atoms with Crippen molar-refractivity contribution in [3.05, 3.63) is 124 Å². The summed E-state index contributed by atoms with van der Waals surface area (Å²) in [6.45, 7) is 3.73. The molecule has 0 aliphatic carbocycles. The highest BCUT2D eigenvalue weighted by molar-refractivity contribution is 9.10. The quantitative estimate of drug-likeness (QED) is 0.237. The number of carbonyl (C=O) groups is 1. The smallest absolute Gasteiger partial charge is 0.338 e. The summed E-state index contributed by atoms with van der Waals surface area (Å²) in [5.41, 5.74) is 2.25. The molecule has 0 unspecified atom stereocenters. The maximum Gasteiger partial charge on any atom is 0.338 e. The minimum absolute atomic E-state index is 0.149. The van der Waals surface area contributed by atoms with E-state index in [1.807, 2.05) is 0 Å². The highest BCUT2D eigenvalue weighted by Gasteiger charge is 2.33. The molecule has 216 valence electrons. The predicted octanol–water partition coefficient (Wildman–Crippen LogP) is 5.43. The first-order chi connectivity index (χ1) is 20.2. The maximum atomic E-state index is 13.8. The third-order valence-corrected chi connectivity index (χ3v) is 8.12. The molecule has 0 saturated heterocycles. The van der Waals surface area contributed by atoms with E-state index in [-0.39, 0.29) is 30.2 Å². The third-order valence-electron chi connectivity index (χ3n) is 6.55. The summed E-state index contributed by atoms with van der Waals surface area (Å²) in [7, 11) is 1.51. The molecule has 1 aliphatic rings. The van der Waals surface area contributed by atoms with Gasteiger partial charge in [-0.05, 0) is 88.9 Å². The molecule has 11 heteroatoms. The van der Waals surface area contributed by atoms with Crippen LogP contribution in [0, 0.1) is 11.6 Å². The molecule has 7 nitrogen and oxygen atoms in total. The van der Waals surface area contributed by atoms with Crippen LogP contribution in [0.2, 0.25) is 0 Å². The van der Waals surface area contributed by atoms with Crippen LogP contribution in [0.4, 0.5) is 8.78 Å². The zero-order valence-electron chi connectivity index (χ0n) is 22.8. The topological polar surface area (TPSA) is 79.1 Å². The number of methoxy groups -OCH3 is 1. The minimum atomic E-state index is -0.841. The van der Waals surface area contributed by atoms with Crippen LogP contribution in [-0.4, -0.2) is 24.3 Å². The van der Waals surface area contributed by atoms with Gasteiger partial charge in [-0.3, -0.25) is 9.36 Å².